The monoisotopic (exact) mass is 317 g/mol. The molecule has 0 aromatic carbocycles. The first-order chi connectivity index (χ1) is 9.46. The van der Waals surface area contributed by atoms with Crippen LogP contribution in [0.15, 0.2) is 17.2 Å². The zero-order valence-corrected chi connectivity index (χ0v) is 13.3. The van der Waals surface area contributed by atoms with Crippen molar-refractivity contribution in [2.24, 2.45) is 0 Å². The molecule has 2 rings (SSSR count). The molecule has 7 heteroatoms. The second kappa shape index (κ2) is 6.28. The molecule has 1 aliphatic carbocycles. The quantitative estimate of drug-likeness (QED) is 0.907. The molecule has 1 aromatic heterocycles. The number of hydrogen-bond donors (Lipinski definition) is 1. The lowest BCUT2D eigenvalue weighted by Gasteiger charge is -2.23. The highest BCUT2D eigenvalue weighted by atomic mass is 35.5. The lowest BCUT2D eigenvalue weighted by atomic mass is 10.3. The Hall–Kier alpha value is -0.850. The summed E-state index contributed by atoms with van der Waals surface area (Å²) in [7, 11) is -1.88. The fourth-order valence-electron chi connectivity index (χ4n) is 2.49. The molecule has 1 saturated carbocycles. The fourth-order valence-corrected chi connectivity index (χ4v) is 4.18. The van der Waals surface area contributed by atoms with Gasteiger partial charge in [0.05, 0.1) is 5.02 Å². The number of anilines is 1. The molecule has 112 valence electrons. The second-order valence-electron chi connectivity index (χ2n) is 4.99. The van der Waals surface area contributed by atoms with E-state index in [9.17, 15) is 8.42 Å². The molecule has 0 amide bonds. The molecule has 0 radical (unpaired) electrons. The van der Waals surface area contributed by atoms with Gasteiger partial charge in [-0.1, -0.05) is 24.4 Å². The third-order valence-corrected chi connectivity index (χ3v) is 5.84. The first-order valence-electron chi connectivity index (χ1n) is 6.84. The van der Waals surface area contributed by atoms with E-state index in [1.54, 1.807) is 7.05 Å². The summed E-state index contributed by atoms with van der Waals surface area (Å²) in [5, 5.41) is 3.31. The third kappa shape index (κ3) is 3.07. The van der Waals surface area contributed by atoms with Gasteiger partial charge in [-0.3, -0.25) is 0 Å². The largest absolute Gasteiger partial charge is 0.369 e. The van der Waals surface area contributed by atoms with Crippen molar-refractivity contribution in [3.63, 3.8) is 0 Å². The smallest absolute Gasteiger partial charge is 0.244 e. The van der Waals surface area contributed by atoms with E-state index >= 15 is 0 Å². The molecular weight excluding hydrogens is 298 g/mol. The van der Waals surface area contributed by atoms with E-state index in [1.807, 2.05) is 6.92 Å². The molecule has 0 aliphatic heterocycles. The number of nitrogens with zero attached hydrogens (tertiary/aromatic N) is 2. The third-order valence-electron chi connectivity index (χ3n) is 3.68. The molecule has 1 aromatic rings. The Morgan fingerprint density at radius 1 is 1.45 bits per heavy atom. The normalized spacial score (nSPS) is 16.8. The van der Waals surface area contributed by atoms with Crippen LogP contribution in [0.4, 0.5) is 5.82 Å². The van der Waals surface area contributed by atoms with Crippen LogP contribution in [-0.4, -0.2) is 37.3 Å². The summed E-state index contributed by atoms with van der Waals surface area (Å²) in [5.41, 5.74) is 0. The minimum absolute atomic E-state index is 0.0900. The molecule has 0 saturated heterocycles. The highest BCUT2D eigenvalue weighted by Crippen LogP contribution is 2.29. The number of halogens is 1. The van der Waals surface area contributed by atoms with Crippen LogP contribution in [-0.2, 0) is 10.0 Å². The standard InChI is InChI=1S/C13H20ClN3O2S/c1-3-15-13-12(14)8-11(9-16-13)20(18,19)17(2)10-6-4-5-7-10/h8-10H,3-7H2,1-2H3,(H,15,16). The van der Waals surface area contributed by atoms with Crippen molar-refractivity contribution >= 4 is 27.4 Å². The van der Waals surface area contributed by atoms with Crippen LogP contribution in [0.1, 0.15) is 32.6 Å². The number of hydrogen-bond acceptors (Lipinski definition) is 4. The van der Waals surface area contributed by atoms with E-state index < -0.39 is 10.0 Å². The first kappa shape index (κ1) is 15.5. The lowest BCUT2D eigenvalue weighted by Crippen LogP contribution is -2.35. The van der Waals surface area contributed by atoms with E-state index in [4.69, 9.17) is 11.6 Å². The van der Waals surface area contributed by atoms with Crippen molar-refractivity contribution in [3.8, 4) is 0 Å². The predicted molar refractivity (Wildman–Crippen MR) is 80.6 cm³/mol. The summed E-state index contributed by atoms with van der Waals surface area (Å²) in [6.45, 7) is 2.61. The van der Waals surface area contributed by atoms with Crippen LogP contribution >= 0.6 is 11.6 Å². The Labute approximate surface area is 125 Å². The average molecular weight is 318 g/mol. The Bertz CT molecular complexity index is 571. The predicted octanol–water partition coefficient (Wildman–Crippen LogP) is 2.73. The number of sulfonamides is 1. The van der Waals surface area contributed by atoms with Crippen LogP contribution in [0.2, 0.25) is 5.02 Å². The van der Waals surface area contributed by atoms with Crippen LogP contribution in [0.5, 0.6) is 0 Å². The van der Waals surface area contributed by atoms with Gasteiger partial charge in [0.2, 0.25) is 10.0 Å². The summed E-state index contributed by atoms with van der Waals surface area (Å²) in [6.07, 6.45) is 5.38. The molecular formula is C13H20ClN3O2S. The number of aromatic nitrogens is 1. The van der Waals surface area contributed by atoms with Crippen molar-refractivity contribution in [1.82, 2.24) is 9.29 Å². The van der Waals surface area contributed by atoms with Gasteiger partial charge in [0, 0.05) is 25.8 Å². The van der Waals surface area contributed by atoms with E-state index in [0.717, 1.165) is 25.7 Å². The summed E-state index contributed by atoms with van der Waals surface area (Å²) < 4.78 is 26.6. The van der Waals surface area contributed by atoms with Gasteiger partial charge in [0.1, 0.15) is 10.7 Å². The molecule has 20 heavy (non-hydrogen) atoms. The first-order valence-corrected chi connectivity index (χ1v) is 8.66. The molecule has 1 fully saturated rings. The Morgan fingerprint density at radius 3 is 2.65 bits per heavy atom. The van der Waals surface area contributed by atoms with E-state index in [1.165, 1.54) is 16.6 Å². The summed E-state index contributed by atoms with van der Waals surface area (Å²) in [4.78, 5) is 4.25. The highest BCUT2D eigenvalue weighted by Gasteiger charge is 2.30. The van der Waals surface area contributed by atoms with E-state index in [2.05, 4.69) is 10.3 Å². The number of pyridine rings is 1. The molecule has 0 unspecified atom stereocenters. The van der Waals surface area contributed by atoms with Crippen molar-refractivity contribution in [2.75, 3.05) is 18.9 Å². The maximum absolute atomic E-state index is 12.5. The SMILES string of the molecule is CCNc1ncc(S(=O)(=O)N(C)C2CCCC2)cc1Cl. The van der Waals surface area contributed by atoms with Crippen molar-refractivity contribution in [2.45, 2.75) is 43.5 Å². The van der Waals surface area contributed by atoms with Crippen LogP contribution in [0.25, 0.3) is 0 Å². The highest BCUT2D eigenvalue weighted by molar-refractivity contribution is 7.89. The van der Waals surface area contributed by atoms with Crippen LogP contribution in [0.3, 0.4) is 0 Å². The Balaban J connectivity index is 2.27. The number of nitrogens with one attached hydrogen (secondary N) is 1. The van der Waals surface area contributed by atoms with E-state index in [0.29, 0.717) is 17.4 Å². The fraction of sp³-hybridized carbons (Fsp3) is 0.615. The van der Waals surface area contributed by atoms with Gasteiger partial charge < -0.3 is 5.32 Å². The van der Waals surface area contributed by atoms with Gasteiger partial charge >= 0.3 is 0 Å². The topological polar surface area (TPSA) is 62.3 Å². The maximum atomic E-state index is 12.5. The molecule has 0 bridgehead atoms. The molecule has 0 spiro atoms. The van der Waals surface area contributed by atoms with Gasteiger partial charge in [-0.05, 0) is 25.8 Å². The van der Waals surface area contributed by atoms with Crippen LogP contribution < -0.4 is 5.32 Å². The zero-order valence-electron chi connectivity index (χ0n) is 11.8. The summed E-state index contributed by atoms with van der Waals surface area (Å²) >= 11 is 6.07. The van der Waals surface area contributed by atoms with Crippen LogP contribution in [0, 0.1) is 0 Å². The second-order valence-corrected chi connectivity index (χ2v) is 7.40. The minimum atomic E-state index is -3.52. The van der Waals surface area contributed by atoms with Gasteiger partial charge in [-0.15, -0.1) is 0 Å². The molecule has 1 heterocycles. The average Bonchev–Trinajstić information content (AvgIpc) is 2.94. The molecule has 1 N–H and O–H groups in total. The van der Waals surface area contributed by atoms with Gasteiger partial charge in [-0.25, -0.2) is 13.4 Å². The lowest BCUT2D eigenvalue weighted by molar-refractivity contribution is 0.373. The van der Waals surface area contributed by atoms with Gasteiger partial charge in [-0.2, -0.15) is 4.31 Å². The minimum Gasteiger partial charge on any atom is -0.369 e. The Kier molecular flexibility index (Phi) is 4.88. The molecule has 0 atom stereocenters. The van der Waals surface area contributed by atoms with E-state index in [-0.39, 0.29) is 10.9 Å². The van der Waals surface area contributed by atoms with Gasteiger partial charge in [0.25, 0.3) is 0 Å². The van der Waals surface area contributed by atoms with Crippen molar-refractivity contribution < 1.29 is 8.42 Å². The molecule has 1 aliphatic rings. The zero-order chi connectivity index (χ0) is 14.8. The summed E-state index contributed by atoms with van der Waals surface area (Å²) in [6, 6.07) is 1.56. The molecule has 5 nitrogen and oxygen atoms in total. The number of rotatable bonds is 5. The summed E-state index contributed by atoms with van der Waals surface area (Å²) in [5.74, 6) is 0.511. The Morgan fingerprint density at radius 2 is 2.10 bits per heavy atom. The van der Waals surface area contributed by atoms with Crippen molar-refractivity contribution in [3.05, 3.63) is 17.3 Å². The van der Waals surface area contributed by atoms with Crippen molar-refractivity contribution in [1.29, 1.82) is 0 Å². The maximum Gasteiger partial charge on any atom is 0.244 e. The van der Waals surface area contributed by atoms with Gasteiger partial charge in [0.15, 0.2) is 0 Å².